The smallest absolute Gasteiger partial charge is 0.0697 e. The highest BCUT2D eigenvalue weighted by Gasteiger charge is 2.58. The monoisotopic (exact) mass is 340 g/mol. The molecule has 2 unspecified atom stereocenters. The quantitative estimate of drug-likeness (QED) is 0.841. The number of hydrogen-bond acceptors (Lipinski definition) is 3. The topological polar surface area (TPSA) is 42.7 Å². The lowest BCUT2D eigenvalue weighted by atomic mass is 9.47. The number of aromatic nitrogens is 3. The van der Waals surface area contributed by atoms with Crippen molar-refractivity contribution in [2.75, 3.05) is 13.1 Å². The van der Waals surface area contributed by atoms with Crippen molar-refractivity contribution >= 4 is 5.70 Å². The molecule has 2 saturated carbocycles. The fourth-order valence-electron chi connectivity index (χ4n) is 7.37. The third kappa shape index (κ3) is 2.22. The van der Waals surface area contributed by atoms with Gasteiger partial charge < -0.3 is 5.32 Å². The molecule has 2 heterocycles. The van der Waals surface area contributed by atoms with E-state index in [1.807, 2.05) is 17.1 Å². The number of hydrogen-bond donors (Lipinski definition) is 1. The molecule has 4 aliphatic rings. The fraction of sp³-hybridized carbons (Fsp3) is 0.810. The highest BCUT2D eigenvalue weighted by atomic mass is 15.4. The average Bonchev–Trinajstić information content (AvgIpc) is 3.18. The summed E-state index contributed by atoms with van der Waals surface area (Å²) in [5.74, 6) is 3.52. The Morgan fingerprint density at radius 2 is 2.08 bits per heavy atom. The lowest BCUT2D eigenvalue weighted by molar-refractivity contribution is -0.0784. The predicted molar refractivity (Wildman–Crippen MR) is 99.7 cm³/mol. The highest BCUT2D eigenvalue weighted by molar-refractivity contribution is 5.55. The van der Waals surface area contributed by atoms with E-state index >= 15 is 0 Å². The van der Waals surface area contributed by atoms with Gasteiger partial charge in [-0.1, -0.05) is 25.1 Å². The second-order valence-electron chi connectivity index (χ2n) is 9.59. The van der Waals surface area contributed by atoms with Crippen LogP contribution in [0.1, 0.15) is 58.8 Å². The van der Waals surface area contributed by atoms with E-state index < -0.39 is 0 Å². The summed E-state index contributed by atoms with van der Waals surface area (Å²) in [6.07, 6.45) is 15.9. The van der Waals surface area contributed by atoms with E-state index in [1.165, 1.54) is 63.7 Å². The fourth-order valence-corrected chi connectivity index (χ4v) is 7.37. The minimum atomic E-state index is 0.293. The molecule has 0 amide bonds. The maximum Gasteiger partial charge on any atom is 0.0697 e. The Bertz CT molecular complexity index is 665. The summed E-state index contributed by atoms with van der Waals surface area (Å²) in [6.45, 7) is 7.63. The average molecular weight is 341 g/mol. The Kier molecular flexibility index (Phi) is 3.64. The minimum absolute atomic E-state index is 0.293. The molecule has 1 aliphatic heterocycles. The van der Waals surface area contributed by atoms with Crippen LogP contribution in [0.5, 0.6) is 0 Å². The van der Waals surface area contributed by atoms with Gasteiger partial charge in [-0.15, -0.1) is 5.10 Å². The van der Waals surface area contributed by atoms with Crippen molar-refractivity contribution in [3.63, 3.8) is 0 Å². The molecule has 1 N–H and O–H groups in total. The summed E-state index contributed by atoms with van der Waals surface area (Å²) in [5, 5.41) is 12.1. The molecule has 6 atom stereocenters. The Morgan fingerprint density at radius 1 is 1.16 bits per heavy atom. The van der Waals surface area contributed by atoms with Crippen molar-refractivity contribution in [3.8, 4) is 0 Å². The third-order valence-corrected chi connectivity index (χ3v) is 8.73. The van der Waals surface area contributed by atoms with Crippen LogP contribution in [-0.4, -0.2) is 28.1 Å². The summed E-state index contributed by atoms with van der Waals surface area (Å²) in [5.41, 5.74) is 2.27. The van der Waals surface area contributed by atoms with Crippen molar-refractivity contribution in [1.29, 1.82) is 0 Å². The summed E-state index contributed by atoms with van der Waals surface area (Å²) < 4.78 is 2.04. The number of nitrogens with one attached hydrogen (secondary N) is 1. The lowest BCUT2D eigenvalue weighted by Gasteiger charge is -2.58. The Balaban J connectivity index is 1.46. The van der Waals surface area contributed by atoms with E-state index in [-0.39, 0.29) is 0 Å². The lowest BCUT2D eigenvalue weighted by Crippen LogP contribution is -2.52. The van der Waals surface area contributed by atoms with Crippen LogP contribution in [-0.2, 0) is 0 Å². The standard InChI is InChI=1S/C21H32N4/c1-20-9-3-11-22-14-15(20)4-5-16-17-6-7-19(25-13-12-23-24-25)21(17,2)10-8-18(16)20/h7,12-13,15-18,22H,3-6,8-11,14H2,1-2H3/t15-,16-,17?,18?,20-,21-/m0/s1. The molecule has 1 aromatic heterocycles. The number of nitrogens with zero attached hydrogens (tertiary/aromatic N) is 3. The van der Waals surface area contributed by atoms with Gasteiger partial charge in [0.25, 0.3) is 0 Å². The van der Waals surface area contributed by atoms with E-state index in [0.717, 1.165) is 23.7 Å². The maximum absolute atomic E-state index is 4.32. The summed E-state index contributed by atoms with van der Waals surface area (Å²) in [6, 6.07) is 0. The van der Waals surface area contributed by atoms with Crippen molar-refractivity contribution < 1.29 is 0 Å². The first-order valence-corrected chi connectivity index (χ1v) is 10.4. The van der Waals surface area contributed by atoms with Gasteiger partial charge in [-0.25, -0.2) is 4.68 Å². The first-order chi connectivity index (χ1) is 12.1. The summed E-state index contributed by atoms with van der Waals surface area (Å²) in [7, 11) is 0. The van der Waals surface area contributed by atoms with Crippen molar-refractivity contribution in [2.45, 2.75) is 58.8 Å². The number of allylic oxidation sites excluding steroid dienone is 2. The van der Waals surface area contributed by atoms with Crippen LogP contribution in [0.4, 0.5) is 0 Å². The molecule has 4 heteroatoms. The van der Waals surface area contributed by atoms with Gasteiger partial charge >= 0.3 is 0 Å². The molecule has 1 aromatic rings. The van der Waals surface area contributed by atoms with Crippen LogP contribution < -0.4 is 5.32 Å². The van der Waals surface area contributed by atoms with Gasteiger partial charge in [0.1, 0.15) is 0 Å². The van der Waals surface area contributed by atoms with E-state index in [9.17, 15) is 0 Å². The van der Waals surface area contributed by atoms with E-state index in [4.69, 9.17) is 0 Å². The van der Waals surface area contributed by atoms with Gasteiger partial charge in [0.05, 0.1) is 12.4 Å². The number of rotatable bonds is 1. The number of fused-ring (bicyclic) bond motifs is 5. The maximum atomic E-state index is 4.32. The van der Waals surface area contributed by atoms with Crippen molar-refractivity contribution in [2.24, 2.45) is 34.5 Å². The van der Waals surface area contributed by atoms with Crippen molar-refractivity contribution in [3.05, 3.63) is 18.5 Å². The van der Waals surface area contributed by atoms with Crippen LogP contribution in [0.25, 0.3) is 5.70 Å². The zero-order valence-electron chi connectivity index (χ0n) is 15.7. The van der Waals surface area contributed by atoms with Crippen LogP contribution >= 0.6 is 0 Å². The molecule has 3 fully saturated rings. The molecule has 136 valence electrons. The van der Waals surface area contributed by atoms with Crippen LogP contribution in [0.3, 0.4) is 0 Å². The van der Waals surface area contributed by atoms with Gasteiger partial charge in [-0.3, -0.25) is 0 Å². The Morgan fingerprint density at radius 3 is 2.92 bits per heavy atom. The van der Waals surface area contributed by atoms with Gasteiger partial charge in [-0.2, -0.15) is 0 Å². The molecule has 0 spiro atoms. The molecular formula is C21H32N4. The molecule has 0 radical (unpaired) electrons. The molecule has 1 saturated heterocycles. The molecule has 0 bridgehead atoms. The van der Waals surface area contributed by atoms with E-state index in [2.05, 4.69) is 35.6 Å². The largest absolute Gasteiger partial charge is 0.316 e. The first kappa shape index (κ1) is 16.0. The first-order valence-electron chi connectivity index (χ1n) is 10.4. The van der Waals surface area contributed by atoms with Crippen LogP contribution in [0, 0.1) is 34.5 Å². The molecule has 25 heavy (non-hydrogen) atoms. The van der Waals surface area contributed by atoms with E-state index in [1.54, 1.807) is 0 Å². The Hall–Kier alpha value is -1.16. The predicted octanol–water partition coefficient (Wildman–Crippen LogP) is 3.97. The van der Waals surface area contributed by atoms with Gasteiger partial charge in [0.15, 0.2) is 0 Å². The zero-order valence-corrected chi connectivity index (χ0v) is 15.7. The second-order valence-corrected chi connectivity index (χ2v) is 9.59. The highest BCUT2D eigenvalue weighted by Crippen LogP contribution is 2.65. The van der Waals surface area contributed by atoms with Crippen LogP contribution in [0.2, 0.25) is 0 Å². The van der Waals surface area contributed by atoms with Gasteiger partial charge in [-0.05, 0) is 87.1 Å². The van der Waals surface area contributed by atoms with Gasteiger partial charge in [0.2, 0.25) is 0 Å². The van der Waals surface area contributed by atoms with Gasteiger partial charge in [0, 0.05) is 11.1 Å². The molecule has 5 rings (SSSR count). The molecular weight excluding hydrogens is 308 g/mol. The molecule has 3 aliphatic carbocycles. The second kappa shape index (κ2) is 5.67. The van der Waals surface area contributed by atoms with Crippen LogP contribution in [0.15, 0.2) is 18.5 Å². The SMILES string of the molecule is C[C@]12CCC3[C@@H](CC[C@H]4CNCCC[C@]34C)C1CC=C2n1ccnn1. The summed E-state index contributed by atoms with van der Waals surface area (Å²) >= 11 is 0. The zero-order chi connectivity index (χ0) is 17.1. The third-order valence-electron chi connectivity index (χ3n) is 8.73. The molecule has 0 aromatic carbocycles. The minimum Gasteiger partial charge on any atom is -0.316 e. The molecule has 4 nitrogen and oxygen atoms in total. The van der Waals surface area contributed by atoms with Crippen molar-refractivity contribution in [1.82, 2.24) is 20.3 Å². The van der Waals surface area contributed by atoms with E-state index in [0.29, 0.717) is 10.8 Å². The summed E-state index contributed by atoms with van der Waals surface area (Å²) in [4.78, 5) is 0. The normalized spacial score (nSPS) is 46.6. The Labute approximate surface area is 151 Å².